The maximum absolute atomic E-state index is 11.1. The van der Waals surface area contributed by atoms with Crippen LogP contribution in [-0.4, -0.2) is 46.3 Å². The fourth-order valence-corrected chi connectivity index (χ4v) is 1.28. The first kappa shape index (κ1) is 9.48. The molecule has 70 valence electrons. The zero-order valence-corrected chi connectivity index (χ0v) is 7.23. The number of likely N-dealkylation sites (tertiary alicyclic amines) is 1. The van der Waals surface area contributed by atoms with Gasteiger partial charge in [0, 0.05) is 19.5 Å². The molecular weight excluding hydrogens is 158 g/mol. The third-order valence-electron chi connectivity index (χ3n) is 2.14. The lowest BCUT2D eigenvalue weighted by molar-refractivity contribution is -0.129. The van der Waals surface area contributed by atoms with Crippen molar-refractivity contribution < 1.29 is 15.0 Å². The van der Waals surface area contributed by atoms with Crippen molar-refractivity contribution in [3.8, 4) is 0 Å². The molecule has 12 heavy (non-hydrogen) atoms. The second-order valence-corrected chi connectivity index (χ2v) is 3.25. The number of rotatable bonds is 3. The quantitative estimate of drug-likeness (QED) is 0.596. The summed E-state index contributed by atoms with van der Waals surface area (Å²) in [6.45, 7) is 2.49. The van der Waals surface area contributed by atoms with E-state index in [1.165, 1.54) is 6.92 Å². The van der Waals surface area contributed by atoms with E-state index in [1.807, 2.05) is 0 Å². The smallest absolute Gasteiger partial charge is 0.222 e. The summed E-state index contributed by atoms with van der Waals surface area (Å²) in [5, 5.41) is 18.2. The molecule has 0 aromatic heterocycles. The molecule has 4 heteroatoms. The Balaban J connectivity index is 2.35. The molecule has 1 aliphatic heterocycles. The zero-order valence-electron chi connectivity index (χ0n) is 7.23. The van der Waals surface area contributed by atoms with Gasteiger partial charge in [-0.15, -0.1) is 0 Å². The summed E-state index contributed by atoms with van der Waals surface area (Å²) in [5.41, 5.74) is 0. The lowest BCUT2D eigenvalue weighted by Gasteiger charge is -2.21. The van der Waals surface area contributed by atoms with Crippen LogP contribution in [0.3, 0.4) is 0 Å². The number of amides is 1. The maximum atomic E-state index is 11.1. The highest BCUT2D eigenvalue weighted by atomic mass is 16.3. The van der Waals surface area contributed by atoms with Crippen molar-refractivity contribution in [2.45, 2.75) is 32.0 Å². The fraction of sp³-hybridized carbons (Fsp3) is 0.875. The zero-order chi connectivity index (χ0) is 9.14. The van der Waals surface area contributed by atoms with Crippen molar-refractivity contribution in [1.29, 1.82) is 0 Å². The second-order valence-electron chi connectivity index (χ2n) is 3.25. The third kappa shape index (κ3) is 2.19. The van der Waals surface area contributed by atoms with Crippen LogP contribution in [0.1, 0.15) is 19.8 Å². The van der Waals surface area contributed by atoms with Crippen molar-refractivity contribution in [2.24, 2.45) is 0 Å². The highest BCUT2D eigenvalue weighted by Crippen LogP contribution is 2.10. The molecule has 2 unspecified atom stereocenters. The van der Waals surface area contributed by atoms with Crippen LogP contribution in [0.4, 0.5) is 0 Å². The molecule has 1 heterocycles. The van der Waals surface area contributed by atoms with Crippen LogP contribution in [0.2, 0.25) is 0 Å². The van der Waals surface area contributed by atoms with Gasteiger partial charge in [-0.25, -0.2) is 0 Å². The van der Waals surface area contributed by atoms with Gasteiger partial charge >= 0.3 is 0 Å². The molecule has 1 rings (SSSR count). The van der Waals surface area contributed by atoms with E-state index in [0.717, 1.165) is 6.42 Å². The molecule has 0 spiro atoms. The van der Waals surface area contributed by atoms with Gasteiger partial charge in [0.1, 0.15) is 0 Å². The number of hydrogen-bond donors (Lipinski definition) is 2. The molecule has 2 atom stereocenters. The van der Waals surface area contributed by atoms with Gasteiger partial charge in [-0.05, 0) is 13.3 Å². The van der Waals surface area contributed by atoms with E-state index in [0.29, 0.717) is 13.0 Å². The predicted octanol–water partition coefficient (Wildman–Crippen LogP) is -0.650. The van der Waals surface area contributed by atoms with Crippen LogP contribution < -0.4 is 0 Å². The topological polar surface area (TPSA) is 60.8 Å². The molecule has 2 N–H and O–H groups in total. The summed E-state index contributed by atoms with van der Waals surface area (Å²) in [5.74, 6) is 0.0784. The van der Waals surface area contributed by atoms with Crippen LogP contribution >= 0.6 is 0 Å². The van der Waals surface area contributed by atoms with E-state index in [-0.39, 0.29) is 12.5 Å². The summed E-state index contributed by atoms with van der Waals surface area (Å²) >= 11 is 0. The number of hydrogen-bond acceptors (Lipinski definition) is 3. The van der Waals surface area contributed by atoms with E-state index in [9.17, 15) is 9.90 Å². The Kier molecular flexibility index (Phi) is 3.05. The average molecular weight is 173 g/mol. The van der Waals surface area contributed by atoms with Gasteiger partial charge in [0.2, 0.25) is 5.91 Å². The lowest BCUT2D eigenvalue weighted by atomic mass is 10.2. The number of aliphatic hydroxyl groups is 2. The van der Waals surface area contributed by atoms with Gasteiger partial charge in [0.25, 0.3) is 0 Å². The van der Waals surface area contributed by atoms with E-state index in [1.54, 1.807) is 4.90 Å². The molecule has 4 nitrogen and oxygen atoms in total. The molecule has 1 aliphatic rings. The Morgan fingerprint density at radius 1 is 1.58 bits per heavy atom. The maximum Gasteiger partial charge on any atom is 0.222 e. The summed E-state index contributed by atoms with van der Waals surface area (Å²) in [6.07, 6.45) is -0.136. The first-order valence-corrected chi connectivity index (χ1v) is 4.25. The van der Waals surface area contributed by atoms with Crippen LogP contribution in [-0.2, 0) is 4.79 Å². The van der Waals surface area contributed by atoms with E-state index < -0.39 is 12.2 Å². The summed E-state index contributed by atoms with van der Waals surface area (Å²) in [7, 11) is 0. The number of carbonyl (C=O) groups is 1. The van der Waals surface area contributed by atoms with Gasteiger partial charge in [-0.3, -0.25) is 4.79 Å². The number of aliphatic hydroxyl groups excluding tert-OH is 2. The number of carbonyl (C=O) groups excluding carboxylic acids is 1. The number of β-amino-alcohol motifs (C(OH)–C–C–N with tert-alkyl or cyclic N) is 1. The Labute approximate surface area is 71.8 Å². The van der Waals surface area contributed by atoms with Gasteiger partial charge < -0.3 is 15.1 Å². The van der Waals surface area contributed by atoms with Gasteiger partial charge in [0.15, 0.2) is 0 Å². The standard InChI is InChI=1S/C8H15NO3/c1-6(10)7(11)5-9-4-2-3-8(9)12/h6-7,10-11H,2-5H2,1H3. The van der Waals surface area contributed by atoms with Crippen molar-refractivity contribution in [3.05, 3.63) is 0 Å². The monoisotopic (exact) mass is 173 g/mol. The highest BCUT2D eigenvalue weighted by Gasteiger charge is 2.23. The van der Waals surface area contributed by atoms with E-state index >= 15 is 0 Å². The summed E-state index contributed by atoms with van der Waals surface area (Å²) in [6, 6.07) is 0. The second kappa shape index (κ2) is 3.87. The normalized spacial score (nSPS) is 22.9. The minimum atomic E-state index is -0.813. The van der Waals surface area contributed by atoms with Crippen molar-refractivity contribution in [1.82, 2.24) is 4.90 Å². The number of nitrogens with zero attached hydrogens (tertiary/aromatic N) is 1. The SMILES string of the molecule is CC(O)C(O)CN1CCCC1=O. The molecule has 0 saturated carbocycles. The van der Waals surface area contributed by atoms with Crippen LogP contribution in [0, 0.1) is 0 Å². The van der Waals surface area contributed by atoms with Crippen LogP contribution in [0.25, 0.3) is 0 Å². The highest BCUT2D eigenvalue weighted by molar-refractivity contribution is 5.78. The van der Waals surface area contributed by atoms with Gasteiger partial charge in [-0.2, -0.15) is 0 Å². The van der Waals surface area contributed by atoms with Crippen molar-refractivity contribution >= 4 is 5.91 Å². The first-order chi connectivity index (χ1) is 5.61. The van der Waals surface area contributed by atoms with Gasteiger partial charge in [0.05, 0.1) is 12.2 Å². The molecule has 0 bridgehead atoms. The Hall–Kier alpha value is -0.610. The van der Waals surface area contributed by atoms with E-state index in [2.05, 4.69) is 0 Å². The van der Waals surface area contributed by atoms with Crippen LogP contribution in [0.15, 0.2) is 0 Å². The molecule has 0 radical (unpaired) electrons. The molecular formula is C8H15NO3. The molecule has 0 aromatic carbocycles. The predicted molar refractivity (Wildman–Crippen MR) is 43.5 cm³/mol. The third-order valence-corrected chi connectivity index (χ3v) is 2.14. The Morgan fingerprint density at radius 2 is 2.25 bits per heavy atom. The molecule has 1 fully saturated rings. The lowest BCUT2D eigenvalue weighted by Crippen LogP contribution is -2.38. The largest absolute Gasteiger partial charge is 0.391 e. The van der Waals surface area contributed by atoms with E-state index in [4.69, 9.17) is 5.11 Å². The minimum absolute atomic E-state index is 0.0784. The molecule has 0 aliphatic carbocycles. The minimum Gasteiger partial charge on any atom is -0.391 e. The van der Waals surface area contributed by atoms with Crippen molar-refractivity contribution in [2.75, 3.05) is 13.1 Å². The Morgan fingerprint density at radius 3 is 2.67 bits per heavy atom. The Bertz CT molecular complexity index is 170. The van der Waals surface area contributed by atoms with Crippen molar-refractivity contribution in [3.63, 3.8) is 0 Å². The van der Waals surface area contributed by atoms with Gasteiger partial charge in [-0.1, -0.05) is 0 Å². The average Bonchev–Trinajstić information content (AvgIpc) is 2.36. The molecule has 0 aromatic rings. The summed E-state index contributed by atoms with van der Waals surface area (Å²) in [4.78, 5) is 12.7. The fourth-order valence-electron chi connectivity index (χ4n) is 1.28. The van der Waals surface area contributed by atoms with Crippen LogP contribution in [0.5, 0.6) is 0 Å². The molecule has 1 saturated heterocycles. The first-order valence-electron chi connectivity index (χ1n) is 4.25. The summed E-state index contributed by atoms with van der Waals surface area (Å²) < 4.78 is 0. The molecule has 1 amide bonds.